The van der Waals surface area contributed by atoms with Gasteiger partial charge in [-0.25, -0.2) is 20.2 Å². The van der Waals surface area contributed by atoms with Gasteiger partial charge in [0, 0.05) is 0 Å². The molecule has 15 heavy (non-hydrogen) atoms. The first kappa shape index (κ1) is 14.3. The average molecular weight is 223 g/mol. The van der Waals surface area contributed by atoms with Gasteiger partial charge in [0.25, 0.3) is 0 Å². The minimum Gasteiger partial charge on any atom is -0.246 e. The zero-order valence-electron chi connectivity index (χ0n) is 8.11. The first-order valence-corrected chi connectivity index (χ1v) is 3.84. The fourth-order valence-electron chi connectivity index (χ4n) is 1.06. The van der Waals surface area contributed by atoms with Crippen molar-refractivity contribution in [2.45, 2.75) is 0 Å². The van der Waals surface area contributed by atoms with Crippen molar-refractivity contribution in [2.24, 2.45) is 0 Å². The van der Waals surface area contributed by atoms with Crippen LogP contribution in [0.15, 0.2) is 24.3 Å². The number of halogens is 1. The molecule has 0 N–H and O–H groups in total. The maximum Gasteiger partial charge on any atom is 1.00 e. The molecule has 6 heteroatoms. The Kier molecular flexibility index (Phi) is 5.75. The molecule has 0 aromatic heterocycles. The van der Waals surface area contributed by atoms with Gasteiger partial charge in [0.2, 0.25) is 0 Å². The molecule has 0 bridgehead atoms. The van der Waals surface area contributed by atoms with E-state index >= 15 is 0 Å². The van der Waals surface area contributed by atoms with Crippen molar-refractivity contribution in [3.8, 4) is 17.9 Å². The summed E-state index contributed by atoms with van der Waals surface area (Å²) < 4.78 is 12.5. The minimum absolute atomic E-state index is 0. The van der Waals surface area contributed by atoms with Crippen LogP contribution in [-0.2, 0) is 0 Å². The SMILES string of the molecule is N#C[B-](C#N)(C#N)c1ccc(F)cc1.[K+]. The average Bonchev–Trinajstić information content (AvgIpc) is 2.24. The molecule has 0 aliphatic rings. The van der Waals surface area contributed by atoms with Crippen molar-refractivity contribution in [2.75, 3.05) is 0 Å². The van der Waals surface area contributed by atoms with Crippen LogP contribution in [0.3, 0.4) is 0 Å². The molecule has 0 saturated heterocycles. The van der Waals surface area contributed by atoms with Crippen LogP contribution in [-0.4, -0.2) is 6.15 Å². The third-order valence-electron chi connectivity index (χ3n) is 1.95. The van der Waals surface area contributed by atoms with Gasteiger partial charge in [0.05, 0.1) is 0 Å². The molecule has 66 valence electrons. The van der Waals surface area contributed by atoms with Crippen molar-refractivity contribution in [3.05, 3.63) is 30.1 Å². The molecule has 0 saturated carbocycles. The van der Waals surface area contributed by atoms with Gasteiger partial charge in [-0.15, -0.1) is 17.9 Å². The van der Waals surface area contributed by atoms with E-state index in [0.29, 0.717) is 0 Å². The van der Waals surface area contributed by atoms with Gasteiger partial charge >= 0.3 is 57.5 Å². The molecule has 0 spiro atoms. The molecule has 3 nitrogen and oxygen atoms in total. The molecular weight excluding hydrogens is 219 g/mol. The van der Waals surface area contributed by atoms with E-state index in [1.165, 1.54) is 12.1 Å². The quantitative estimate of drug-likeness (QED) is 0.501. The number of hydrogen-bond acceptors (Lipinski definition) is 3. The van der Waals surface area contributed by atoms with Crippen LogP contribution < -0.4 is 56.8 Å². The summed E-state index contributed by atoms with van der Waals surface area (Å²) >= 11 is 0. The van der Waals surface area contributed by atoms with E-state index in [4.69, 9.17) is 15.8 Å². The summed E-state index contributed by atoms with van der Waals surface area (Å²) in [7, 11) is 0. The van der Waals surface area contributed by atoms with Gasteiger partial charge in [0.1, 0.15) is 5.82 Å². The maximum absolute atomic E-state index is 12.5. The zero-order chi connectivity index (χ0) is 10.6. The van der Waals surface area contributed by atoms with Crippen LogP contribution in [0.1, 0.15) is 0 Å². The molecule has 0 aliphatic carbocycles. The Balaban J connectivity index is 0.00000196. The monoisotopic (exact) mass is 223 g/mol. The second-order valence-corrected chi connectivity index (χ2v) is 2.80. The molecule has 1 rings (SSSR count). The number of hydrogen-bond donors (Lipinski definition) is 0. The largest absolute Gasteiger partial charge is 1.00 e. The Bertz CT molecular complexity index is 430. The molecule has 0 radical (unpaired) electrons. The first-order chi connectivity index (χ1) is 6.68. The first-order valence-electron chi connectivity index (χ1n) is 3.84. The van der Waals surface area contributed by atoms with Crippen LogP contribution >= 0.6 is 0 Å². The van der Waals surface area contributed by atoms with Crippen molar-refractivity contribution in [1.82, 2.24) is 0 Å². The van der Waals surface area contributed by atoms with Crippen LogP contribution in [0.5, 0.6) is 0 Å². The predicted octanol–water partition coefficient (Wildman–Crippen LogP) is -2.33. The van der Waals surface area contributed by atoms with E-state index in [9.17, 15) is 4.39 Å². The number of nitriles is 3. The number of benzene rings is 1. The molecule has 0 unspecified atom stereocenters. The minimum atomic E-state index is -2.53. The van der Waals surface area contributed by atoms with Gasteiger partial charge < -0.3 is 0 Å². The summed E-state index contributed by atoms with van der Waals surface area (Å²) in [6, 6.07) is 4.81. The molecule has 0 heterocycles. The Morgan fingerprint density at radius 2 is 1.33 bits per heavy atom. The normalized spacial score (nSPS) is 8.93. The third kappa shape index (κ3) is 2.89. The van der Waals surface area contributed by atoms with E-state index in [0.717, 1.165) is 12.1 Å². The molecule has 0 amide bonds. The fraction of sp³-hybridized carbons (Fsp3) is 0. The molecule has 0 fully saturated rings. The standard InChI is InChI=1S/C9H4BFN3.K/c11-9-3-1-8(2-4-9)10(5-12,6-13)7-14;/h1-4H;/q-1;+1. The van der Waals surface area contributed by atoms with Crippen molar-refractivity contribution in [3.63, 3.8) is 0 Å². The van der Waals surface area contributed by atoms with Gasteiger partial charge in [-0.2, -0.15) is 5.46 Å². The molecule has 0 atom stereocenters. The van der Waals surface area contributed by atoms with Gasteiger partial charge in [0.15, 0.2) is 0 Å². The molecule has 1 aromatic rings. The van der Waals surface area contributed by atoms with Crippen LogP contribution in [0.2, 0.25) is 0 Å². The second-order valence-electron chi connectivity index (χ2n) is 2.80. The molecule has 0 aliphatic heterocycles. The zero-order valence-corrected chi connectivity index (χ0v) is 11.2. The van der Waals surface area contributed by atoms with E-state index in [2.05, 4.69) is 0 Å². The van der Waals surface area contributed by atoms with Gasteiger partial charge in [-0.1, -0.05) is 12.1 Å². The van der Waals surface area contributed by atoms with E-state index in [-0.39, 0.29) is 56.8 Å². The van der Waals surface area contributed by atoms with Crippen molar-refractivity contribution in [1.29, 1.82) is 15.8 Å². The van der Waals surface area contributed by atoms with Crippen molar-refractivity contribution < 1.29 is 55.8 Å². The third-order valence-corrected chi connectivity index (χ3v) is 1.95. The second kappa shape index (κ2) is 6.02. The summed E-state index contributed by atoms with van der Waals surface area (Å²) in [4.78, 5) is 0. The molecular formula is C9H4BFKN3. The van der Waals surface area contributed by atoms with Gasteiger partial charge in [-0.3, -0.25) is 0 Å². The van der Waals surface area contributed by atoms with E-state index in [1.807, 2.05) is 0 Å². The Labute approximate surface area is 129 Å². The summed E-state index contributed by atoms with van der Waals surface area (Å²) in [5, 5.41) is 26.2. The summed E-state index contributed by atoms with van der Waals surface area (Å²) in [6.45, 7) is 0. The summed E-state index contributed by atoms with van der Waals surface area (Å²) in [6.07, 6.45) is -2.53. The van der Waals surface area contributed by atoms with Crippen molar-refractivity contribution >= 4 is 11.6 Å². The maximum atomic E-state index is 12.5. The predicted molar refractivity (Wildman–Crippen MR) is 48.6 cm³/mol. The van der Waals surface area contributed by atoms with Crippen LogP contribution in [0.4, 0.5) is 4.39 Å². The summed E-state index contributed by atoms with van der Waals surface area (Å²) in [5.41, 5.74) is 0.249. The van der Waals surface area contributed by atoms with Gasteiger partial charge in [-0.05, 0) is 12.1 Å². The fourth-order valence-corrected chi connectivity index (χ4v) is 1.06. The topological polar surface area (TPSA) is 71.4 Å². The Morgan fingerprint density at radius 1 is 0.933 bits per heavy atom. The number of rotatable bonds is 1. The molecule has 1 aromatic carbocycles. The van der Waals surface area contributed by atoms with Crippen LogP contribution in [0, 0.1) is 39.5 Å². The van der Waals surface area contributed by atoms with Crippen LogP contribution in [0.25, 0.3) is 0 Å². The summed E-state index contributed by atoms with van der Waals surface area (Å²) in [5.74, 6) is 4.54. The van der Waals surface area contributed by atoms with E-state index in [1.54, 1.807) is 17.9 Å². The Morgan fingerprint density at radius 3 is 1.67 bits per heavy atom. The Hall–Kier alpha value is -0.679. The smallest absolute Gasteiger partial charge is 0.246 e. The van der Waals surface area contributed by atoms with E-state index < -0.39 is 12.0 Å². The number of nitrogens with zero attached hydrogens (tertiary/aromatic N) is 3.